The molecule has 1 N–H and O–H groups in total. The van der Waals surface area contributed by atoms with E-state index < -0.39 is 5.60 Å². The number of rotatable bonds is 4. The molecule has 2 saturated heterocycles. The maximum absolute atomic E-state index is 12.7. The number of hydrogen-bond donors (Lipinski definition) is 1. The summed E-state index contributed by atoms with van der Waals surface area (Å²) in [5, 5.41) is 2.93. The van der Waals surface area contributed by atoms with E-state index in [1.165, 1.54) is 6.20 Å². The zero-order valence-corrected chi connectivity index (χ0v) is 19.2. The summed E-state index contributed by atoms with van der Waals surface area (Å²) in [6.07, 6.45) is 3.87. The van der Waals surface area contributed by atoms with Crippen molar-refractivity contribution in [2.45, 2.75) is 52.3 Å². The van der Waals surface area contributed by atoms with Crippen LogP contribution in [0.2, 0.25) is 0 Å². The molecule has 32 heavy (non-hydrogen) atoms. The summed E-state index contributed by atoms with van der Waals surface area (Å²) in [6, 6.07) is 8.11. The number of anilines is 1. The third kappa shape index (κ3) is 4.84. The molecule has 0 bridgehead atoms. The number of hydrogen-bond acceptors (Lipinski definition) is 6. The standard InChI is InChI=1S/C24H31N5O3/c1-16-7-5-6-8-17(16)11-26-22(30)19-12-25-13-21(27-19)29-10-9-18-14-28(15-20(18)29)23(31)32-24(2,3)4/h5-8,12-13,18,20H,9-11,14-15H2,1-4H3,(H,26,30)/t18-,20+/m1/s1. The zero-order valence-electron chi connectivity index (χ0n) is 19.2. The van der Waals surface area contributed by atoms with E-state index in [0.717, 1.165) is 24.1 Å². The van der Waals surface area contributed by atoms with E-state index >= 15 is 0 Å². The van der Waals surface area contributed by atoms with E-state index in [1.54, 1.807) is 11.1 Å². The van der Waals surface area contributed by atoms with Crippen molar-refractivity contribution < 1.29 is 14.3 Å². The van der Waals surface area contributed by atoms with Gasteiger partial charge in [0.15, 0.2) is 0 Å². The van der Waals surface area contributed by atoms with Crippen molar-refractivity contribution in [1.29, 1.82) is 0 Å². The Labute approximate surface area is 189 Å². The van der Waals surface area contributed by atoms with Gasteiger partial charge in [-0.3, -0.25) is 9.78 Å². The van der Waals surface area contributed by atoms with Gasteiger partial charge >= 0.3 is 6.09 Å². The van der Waals surface area contributed by atoms with Gasteiger partial charge in [-0.2, -0.15) is 0 Å². The Morgan fingerprint density at radius 2 is 1.97 bits per heavy atom. The van der Waals surface area contributed by atoms with Crippen LogP contribution in [0.4, 0.5) is 10.6 Å². The second-order valence-corrected chi connectivity index (χ2v) is 9.57. The molecule has 2 aliphatic heterocycles. The number of aromatic nitrogens is 2. The van der Waals surface area contributed by atoms with Crippen molar-refractivity contribution in [3.63, 3.8) is 0 Å². The summed E-state index contributed by atoms with van der Waals surface area (Å²) < 4.78 is 5.54. The molecule has 2 amide bonds. The van der Waals surface area contributed by atoms with Gasteiger partial charge in [-0.05, 0) is 45.2 Å². The average Bonchev–Trinajstić information content (AvgIpc) is 3.33. The number of fused-ring (bicyclic) bond motifs is 1. The fraction of sp³-hybridized carbons (Fsp3) is 0.500. The Kier molecular flexibility index (Phi) is 6.04. The Morgan fingerprint density at radius 1 is 1.19 bits per heavy atom. The van der Waals surface area contributed by atoms with Crippen LogP contribution in [0.1, 0.15) is 48.8 Å². The molecule has 1 aromatic heterocycles. The summed E-state index contributed by atoms with van der Waals surface area (Å²) in [5.41, 5.74) is 1.98. The van der Waals surface area contributed by atoms with Crippen LogP contribution in [0.25, 0.3) is 0 Å². The molecule has 0 aliphatic carbocycles. The fourth-order valence-corrected chi connectivity index (χ4v) is 4.40. The lowest BCUT2D eigenvalue weighted by Crippen LogP contribution is -2.40. The minimum atomic E-state index is -0.514. The topological polar surface area (TPSA) is 87.7 Å². The molecule has 8 heteroatoms. The minimum absolute atomic E-state index is 0.155. The zero-order chi connectivity index (χ0) is 22.9. The van der Waals surface area contributed by atoms with Crippen LogP contribution in [0.3, 0.4) is 0 Å². The lowest BCUT2D eigenvalue weighted by atomic mass is 10.1. The molecule has 170 valence electrons. The summed E-state index contributed by atoms with van der Waals surface area (Å²) in [4.78, 5) is 38.0. The lowest BCUT2D eigenvalue weighted by molar-refractivity contribution is 0.0284. The SMILES string of the molecule is Cc1ccccc1CNC(=O)c1cncc(N2CC[C@@H]3CN(C(=O)OC(C)(C)C)C[C@@H]32)n1. The van der Waals surface area contributed by atoms with Crippen LogP contribution in [0.15, 0.2) is 36.7 Å². The predicted molar refractivity (Wildman–Crippen MR) is 121 cm³/mol. The number of nitrogens with zero attached hydrogens (tertiary/aromatic N) is 4. The van der Waals surface area contributed by atoms with Gasteiger partial charge in [-0.15, -0.1) is 0 Å². The van der Waals surface area contributed by atoms with Gasteiger partial charge in [-0.1, -0.05) is 24.3 Å². The van der Waals surface area contributed by atoms with Gasteiger partial charge in [-0.25, -0.2) is 9.78 Å². The van der Waals surface area contributed by atoms with Gasteiger partial charge < -0.3 is 19.9 Å². The molecule has 1 aromatic carbocycles. The third-order valence-corrected chi connectivity index (χ3v) is 6.05. The van der Waals surface area contributed by atoms with Crippen molar-refractivity contribution in [1.82, 2.24) is 20.2 Å². The molecule has 0 unspecified atom stereocenters. The molecule has 2 fully saturated rings. The largest absolute Gasteiger partial charge is 0.444 e. The average molecular weight is 438 g/mol. The van der Waals surface area contributed by atoms with Crippen LogP contribution < -0.4 is 10.2 Å². The smallest absolute Gasteiger partial charge is 0.410 e. The van der Waals surface area contributed by atoms with Crippen LogP contribution in [0, 0.1) is 12.8 Å². The first-order chi connectivity index (χ1) is 15.2. The van der Waals surface area contributed by atoms with Gasteiger partial charge in [0.05, 0.1) is 18.4 Å². The molecular weight excluding hydrogens is 406 g/mol. The fourth-order valence-electron chi connectivity index (χ4n) is 4.40. The van der Waals surface area contributed by atoms with Crippen LogP contribution >= 0.6 is 0 Å². The van der Waals surface area contributed by atoms with E-state index in [0.29, 0.717) is 37.1 Å². The maximum atomic E-state index is 12.7. The summed E-state index contributed by atoms with van der Waals surface area (Å²) in [5.74, 6) is 0.787. The van der Waals surface area contributed by atoms with Gasteiger partial charge in [0.2, 0.25) is 0 Å². The molecule has 4 rings (SSSR count). The number of likely N-dealkylation sites (tertiary alicyclic amines) is 1. The van der Waals surface area contributed by atoms with E-state index in [2.05, 4.69) is 20.2 Å². The number of amides is 2. The maximum Gasteiger partial charge on any atom is 0.410 e. The van der Waals surface area contributed by atoms with E-state index in [1.807, 2.05) is 52.0 Å². The minimum Gasteiger partial charge on any atom is -0.444 e. The molecule has 2 aliphatic rings. The van der Waals surface area contributed by atoms with E-state index in [4.69, 9.17) is 4.74 Å². The number of carbonyl (C=O) groups is 2. The summed E-state index contributed by atoms with van der Waals surface area (Å²) >= 11 is 0. The third-order valence-electron chi connectivity index (χ3n) is 6.05. The molecule has 0 spiro atoms. The lowest BCUT2D eigenvalue weighted by Gasteiger charge is -2.27. The number of ether oxygens (including phenoxy) is 1. The van der Waals surface area contributed by atoms with Crippen LogP contribution in [0.5, 0.6) is 0 Å². The highest BCUT2D eigenvalue weighted by atomic mass is 16.6. The first-order valence-electron chi connectivity index (χ1n) is 11.1. The number of carbonyl (C=O) groups excluding carboxylic acids is 2. The quantitative estimate of drug-likeness (QED) is 0.791. The van der Waals surface area contributed by atoms with Crippen LogP contribution in [-0.2, 0) is 11.3 Å². The van der Waals surface area contributed by atoms with Gasteiger partial charge in [0.25, 0.3) is 5.91 Å². The summed E-state index contributed by atoms with van der Waals surface area (Å²) in [6.45, 7) is 10.2. The Bertz CT molecular complexity index is 1000. The molecule has 2 aromatic rings. The van der Waals surface area contributed by atoms with Crippen molar-refractivity contribution in [3.8, 4) is 0 Å². The van der Waals surface area contributed by atoms with Crippen molar-refractivity contribution >= 4 is 17.8 Å². The number of benzene rings is 1. The molecule has 3 heterocycles. The Hall–Kier alpha value is -3.16. The Morgan fingerprint density at radius 3 is 2.72 bits per heavy atom. The first kappa shape index (κ1) is 22.0. The van der Waals surface area contributed by atoms with Crippen LogP contribution in [-0.4, -0.2) is 58.1 Å². The highest BCUT2D eigenvalue weighted by molar-refractivity contribution is 5.92. The molecule has 0 radical (unpaired) electrons. The highest BCUT2D eigenvalue weighted by Crippen LogP contribution is 2.34. The van der Waals surface area contributed by atoms with Crippen molar-refractivity contribution in [2.75, 3.05) is 24.5 Å². The molecule has 0 saturated carbocycles. The van der Waals surface area contributed by atoms with E-state index in [9.17, 15) is 9.59 Å². The predicted octanol–water partition coefficient (Wildman–Crippen LogP) is 3.16. The highest BCUT2D eigenvalue weighted by Gasteiger charge is 2.44. The normalized spacial score (nSPS) is 20.2. The van der Waals surface area contributed by atoms with E-state index in [-0.39, 0.29) is 18.0 Å². The monoisotopic (exact) mass is 437 g/mol. The van der Waals surface area contributed by atoms with Gasteiger partial charge in [0.1, 0.15) is 17.1 Å². The Balaban J connectivity index is 1.41. The molecular formula is C24H31N5O3. The van der Waals surface area contributed by atoms with Crippen molar-refractivity contribution in [2.24, 2.45) is 5.92 Å². The number of nitrogens with one attached hydrogen (secondary N) is 1. The second kappa shape index (κ2) is 8.76. The summed E-state index contributed by atoms with van der Waals surface area (Å²) in [7, 11) is 0. The number of aryl methyl sites for hydroxylation is 1. The second-order valence-electron chi connectivity index (χ2n) is 9.57. The van der Waals surface area contributed by atoms with Crippen molar-refractivity contribution in [3.05, 3.63) is 53.5 Å². The molecule has 2 atom stereocenters. The molecule has 8 nitrogen and oxygen atoms in total. The first-order valence-corrected chi connectivity index (χ1v) is 11.1. The van der Waals surface area contributed by atoms with Gasteiger partial charge in [0, 0.05) is 32.1 Å².